The third kappa shape index (κ3) is 3.22. The van der Waals surface area contributed by atoms with Crippen LogP contribution in [0, 0.1) is 0 Å². The van der Waals surface area contributed by atoms with Gasteiger partial charge in [-0.3, -0.25) is 0 Å². The molecule has 0 spiro atoms. The van der Waals surface area contributed by atoms with Crippen molar-refractivity contribution in [2.24, 2.45) is 0 Å². The number of halogens is 1. The summed E-state index contributed by atoms with van der Waals surface area (Å²) in [4.78, 5) is 1.42. The fourth-order valence-electron chi connectivity index (χ4n) is 2.12. The maximum atomic E-state index is 3.68. The average Bonchev–Trinajstić information content (AvgIpc) is 2.83. The van der Waals surface area contributed by atoms with Gasteiger partial charge in [0, 0.05) is 22.7 Å². The van der Waals surface area contributed by atoms with E-state index in [2.05, 4.69) is 39.6 Å². The minimum absolute atomic E-state index is 0.723. The normalized spacial score (nSPS) is 26.0. The molecule has 15 heavy (non-hydrogen) atoms. The van der Waals surface area contributed by atoms with Crippen molar-refractivity contribution in [2.45, 2.75) is 37.1 Å². The number of thioether (sulfide) groups is 1. The van der Waals surface area contributed by atoms with Gasteiger partial charge in [0.1, 0.15) is 0 Å². The largest absolute Gasteiger partial charge is 0.308 e. The van der Waals surface area contributed by atoms with E-state index >= 15 is 0 Å². The molecular formula is C11H16BrNS2. The van der Waals surface area contributed by atoms with Gasteiger partial charge in [-0.05, 0) is 47.2 Å². The maximum absolute atomic E-state index is 3.68. The van der Waals surface area contributed by atoms with Crippen LogP contribution in [0.15, 0.2) is 15.9 Å². The van der Waals surface area contributed by atoms with Crippen LogP contribution in [0.2, 0.25) is 0 Å². The average molecular weight is 306 g/mol. The second-order valence-corrected chi connectivity index (χ2v) is 7.52. The molecule has 2 unspecified atom stereocenters. The fourth-order valence-corrected chi connectivity index (χ4v) is 4.52. The lowest BCUT2D eigenvalue weighted by Crippen LogP contribution is -2.33. The van der Waals surface area contributed by atoms with Crippen molar-refractivity contribution in [3.8, 4) is 0 Å². The standard InChI is InChI=1S/C11H16BrNS2/c1-14-10-4-2-3-9(10)13-7-8-5-6-11(12)15-8/h5-6,9-10,13H,2-4,7H2,1H3. The number of rotatable bonds is 4. The summed E-state index contributed by atoms with van der Waals surface area (Å²) in [5, 5.41) is 4.51. The van der Waals surface area contributed by atoms with E-state index in [-0.39, 0.29) is 0 Å². The van der Waals surface area contributed by atoms with Crippen LogP contribution in [-0.4, -0.2) is 17.5 Å². The first-order valence-electron chi connectivity index (χ1n) is 5.30. The van der Waals surface area contributed by atoms with Gasteiger partial charge in [0.15, 0.2) is 0 Å². The summed E-state index contributed by atoms with van der Waals surface area (Å²) in [6, 6.07) is 5.05. The van der Waals surface area contributed by atoms with Gasteiger partial charge in [0.2, 0.25) is 0 Å². The van der Waals surface area contributed by atoms with Gasteiger partial charge < -0.3 is 5.32 Å². The van der Waals surface area contributed by atoms with Crippen molar-refractivity contribution in [3.63, 3.8) is 0 Å². The van der Waals surface area contributed by atoms with E-state index in [4.69, 9.17) is 0 Å². The molecule has 2 rings (SSSR count). The molecule has 1 aromatic rings. The van der Waals surface area contributed by atoms with E-state index in [1.807, 2.05) is 23.1 Å². The molecular weight excluding hydrogens is 290 g/mol. The van der Waals surface area contributed by atoms with Gasteiger partial charge in [-0.1, -0.05) is 6.42 Å². The van der Waals surface area contributed by atoms with Crippen molar-refractivity contribution in [3.05, 3.63) is 20.8 Å². The summed E-state index contributed by atoms with van der Waals surface area (Å²) < 4.78 is 1.23. The topological polar surface area (TPSA) is 12.0 Å². The molecule has 1 fully saturated rings. The molecule has 1 heterocycles. The lowest BCUT2D eigenvalue weighted by atomic mass is 10.2. The van der Waals surface area contributed by atoms with E-state index in [1.165, 1.54) is 27.9 Å². The highest BCUT2D eigenvalue weighted by molar-refractivity contribution is 9.11. The Labute approximate surface area is 108 Å². The van der Waals surface area contributed by atoms with Gasteiger partial charge in [-0.25, -0.2) is 0 Å². The van der Waals surface area contributed by atoms with Crippen LogP contribution < -0.4 is 5.32 Å². The highest BCUT2D eigenvalue weighted by Crippen LogP contribution is 2.29. The first-order chi connectivity index (χ1) is 7.29. The molecule has 0 aromatic carbocycles. The molecule has 0 saturated heterocycles. The third-order valence-corrected chi connectivity index (χ3v) is 5.72. The molecule has 1 aromatic heterocycles. The van der Waals surface area contributed by atoms with E-state index in [1.54, 1.807) is 0 Å². The van der Waals surface area contributed by atoms with Gasteiger partial charge >= 0.3 is 0 Å². The zero-order valence-electron chi connectivity index (χ0n) is 8.83. The zero-order chi connectivity index (χ0) is 10.7. The number of thiophene rings is 1. The Hall–Kier alpha value is 0.490. The van der Waals surface area contributed by atoms with Crippen LogP contribution >= 0.6 is 39.0 Å². The summed E-state index contributed by atoms with van der Waals surface area (Å²) >= 11 is 7.34. The summed E-state index contributed by atoms with van der Waals surface area (Å²) in [5.41, 5.74) is 0. The minimum Gasteiger partial charge on any atom is -0.308 e. The molecule has 1 N–H and O–H groups in total. The van der Waals surface area contributed by atoms with E-state index in [0.29, 0.717) is 0 Å². The second-order valence-electron chi connectivity index (χ2n) is 3.90. The molecule has 4 heteroatoms. The molecule has 2 atom stereocenters. The van der Waals surface area contributed by atoms with Crippen LogP contribution in [0.4, 0.5) is 0 Å². The van der Waals surface area contributed by atoms with Gasteiger partial charge in [0.05, 0.1) is 3.79 Å². The monoisotopic (exact) mass is 305 g/mol. The zero-order valence-corrected chi connectivity index (χ0v) is 12.1. The van der Waals surface area contributed by atoms with Gasteiger partial charge in [-0.2, -0.15) is 11.8 Å². The van der Waals surface area contributed by atoms with E-state index in [0.717, 1.165) is 17.8 Å². The Kier molecular flexibility index (Phi) is 4.55. The lowest BCUT2D eigenvalue weighted by Gasteiger charge is -2.18. The molecule has 84 valence electrons. The summed E-state index contributed by atoms with van der Waals surface area (Å²) in [6.07, 6.45) is 6.34. The predicted octanol–water partition coefficient (Wildman–Crippen LogP) is 3.88. The highest BCUT2D eigenvalue weighted by atomic mass is 79.9. The first-order valence-corrected chi connectivity index (χ1v) is 8.19. The van der Waals surface area contributed by atoms with Gasteiger partial charge in [0.25, 0.3) is 0 Å². The van der Waals surface area contributed by atoms with Crippen LogP contribution in [0.3, 0.4) is 0 Å². The van der Waals surface area contributed by atoms with E-state index in [9.17, 15) is 0 Å². The highest BCUT2D eigenvalue weighted by Gasteiger charge is 2.25. The molecule has 0 aliphatic heterocycles. The van der Waals surface area contributed by atoms with Crippen LogP contribution in [-0.2, 0) is 6.54 Å². The lowest BCUT2D eigenvalue weighted by molar-refractivity contribution is 0.535. The molecule has 1 aliphatic carbocycles. The number of nitrogens with one attached hydrogen (secondary N) is 1. The van der Waals surface area contributed by atoms with Crippen molar-refractivity contribution in [2.75, 3.05) is 6.26 Å². The minimum atomic E-state index is 0.723. The molecule has 0 bridgehead atoms. The molecule has 0 amide bonds. The predicted molar refractivity (Wildman–Crippen MR) is 73.8 cm³/mol. The van der Waals surface area contributed by atoms with Crippen LogP contribution in [0.5, 0.6) is 0 Å². The summed E-state index contributed by atoms with van der Waals surface area (Å²) in [6.45, 7) is 1.03. The Balaban J connectivity index is 1.82. The Morgan fingerprint density at radius 1 is 1.53 bits per heavy atom. The smallest absolute Gasteiger partial charge is 0.0701 e. The molecule has 1 saturated carbocycles. The van der Waals surface area contributed by atoms with Crippen molar-refractivity contribution >= 4 is 39.0 Å². The molecule has 1 nitrogen and oxygen atoms in total. The van der Waals surface area contributed by atoms with Crippen LogP contribution in [0.1, 0.15) is 24.1 Å². The third-order valence-electron chi connectivity index (χ3n) is 2.92. The first kappa shape index (κ1) is 12.0. The fraction of sp³-hybridized carbons (Fsp3) is 0.636. The Morgan fingerprint density at radius 2 is 2.40 bits per heavy atom. The summed E-state index contributed by atoms with van der Waals surface area (Å²) in [5.74, 6) is 0. The van der Waals surface area contributed by atoms with Crippen LogP contribution in [0.25, 0.3) is 0 Å². The van der Waals surface area contributed by atoms with Gasteiger partial charge in [-0.15, -0.1) is 11.3 Å². The SMILES string of the molecule is CSC1CCCC1NCc1ccc(Br)s1. The quantitative estimate of drug-likeness (QED) is 0.906. The Bertz CT molecular complexity index is 313. The molecule has 0 radical (unpaired) electrons. The number of hydrogen-bond donors (Lipinski definition) is 1. The van der Waals surface area contributed by atoms with E-state index < -0.39 is 0 Å². The Morgan fingerprint density at radius 3 is 3.07 bits per heavy atom. The maximum Gasteiger partial charge on any atom is 0.0701 e. The van der Waals surface area contributed by atoms with Crippen molar-refractivity contribution < 1.29 is 0 Å². The van der Waals surface area contributed by atoms with Crippen molar-refractivity contribution in [1.82, 2.24) is 5.32 Å². The number of hydrogen-bond acceptors (Lipinski definition) is 3. The second kappa shape index (κ2) is 5.71. The molecule has 1 aliphatic rings. The van der Waals surface area contributed by atoms with Crippen molar-refractivity contribution in [1.29, 1.82) is 0 Å². The summed E-state index contributed by atoms with van der Waals surface area (Å²) in [7, 11) is 0.